The van der Waals surface area contributed by atoms with Crippen LogP contribution in [0.15, 0.2) is 0 Å². The highest BCUT2D eigenvalue weighted by molar-refractivity contribution is 5.71. The Morgan fingerprint density at radius 2 is 1.76 bits per heavy atom. The molecule has 3 N–H and O–H groups in total. The summed E-state index contributed by atoms with van der Waals surface area (Å²) >= 11 is 0. The van der Waals surface area contributed by atoms with Gasteiger partial charge in [0.05, 0.1) is 12.3 Å². The van der Waals surface area contributed by atoms with Crippen LogP contribution in [0.25, 0.3) is 0 Å². The highest BCUT2D eigenvalue weighted by Crippen LogP contribution is 2.10. The van der Waals surface area contributed by atoms with Gasteiger partial charge in [0.25, 0.3) is 0 Å². The maximum absolute atomic E-state index is 11.8. The number of hydrogen-bond donors (Lipinski definition) is 3. The lowest BCUT2D eigenvalue weighted by molar-refractivity contribution is -0.146. The van der Waals surface area contributed by atoms with E-state index in [1.165, 1.54) is 0 Å². The van der Waals surface area contributed by atoms with E-state index in [9.17, 15) is 9.59 Å². The van der Waals surface area contributed by atoms with Crippen molar-refractivity contribution in [1.82, 2.24) is 10.6 Å². The van der Waals surface area contributed by atoms with E-state index >= 15 is 0 Å². The highest BCUT2D eigenvalue weighted by Gasteiger charge is 2.23. The molecule has 0 radical (unpaired) electrons. The van der Waals surface area contributed by atoms with Crippen molar-refractivity contribution in [2.75, 3.05) is 13.2 Å². The molecule has 124 valence electrons. The van der Waals surface area contributed by atoms with Gasteiger partial charge in [0.15, 0.2) is 0 Å². The van der Waals surface area contributed by atoms with Crippen LogP contribution in [0.5, 0.6) is 0 Å². The summed E-state index contributed by atoms with van der Waals surface area (Å²) in [6, 6.07) is 0.225. The zero-order valence-electron chi connectivity index (χ0n) is 14.0. The molecule has 6 nitrogen and oxygen atoms in total. The van der Waals surface area contributed by atoms with E-state index in [4.69, 9.17) is 9.84 Å². The Hall–Kier alpha value is -1.14. The number of carboxylic acids is 1. The summed E-state index contributed by atoms with van der Waals surface area (Å²) in [6.45, 7) is 12.1. The molecule has 0 bridgehead atoms. The lowest BCUT2D eigenvalue weighted by Gasteiger charge is -2.28. The SMILES string of the molecule is CC(C)NC(C)(C)CC(=O)OCC(C)NCC(C)C(=O)O. The molecule has 0 amide bonds. The maximum Gasteiger partial charge on any atom is 0.307 e. The van der Waals surface area contributed by atoms with Gasteiger partial charge in [-0.15, -0.1) is 0 Å². The minimum absolute atomic E-state index is 0.0723. The van der Waals surface area contributed by atoms with E-state index in [0.29, 0.717) is 19.0 Å². The van der Waals surface area contributed by atoms with Gasteiger partial charge in [-0.25, -0.2) is 0 Å². The fourth-order valence-corrected chi connectivity index (χ4v) is 1.99. The standard InChI is InChI=1S/C15H30N2O4/c1-10(2)17-15(5,6)7-13(18)21-9-12(4)16-8-11(3)14(19)20/h10-12,16-17H,7-9H2,1-6H3,(H,19,20). The van der Waals surface area contributed by atoms with Crippen LogP contribution in [0.1, 0.15) is 48.0 Å². The minimum atomic E-state index is -0.840. The Labute approximate surface area is 127 Å². The fraction of sp³-hybridized carbons (Fsp3) is 0.867. The number of ether oxygens (including phenoxy) is 1. The highest BCUT2D eigenvalue weighted by atomic mass is 16.5. The van der Waals surface area contributed by atoms with Gasteiger partial charge in [0.2, 0.25) is 0 Å². The molecule has 2 unspecified atom stereocenters. The number of hydrogen-bond acceptors (Lipinski definition) is 5. The van der Waals surface area contributed by atoms with Crippen molar-refractivity contribution in [1.29, 1.82) is 0 Å². The summed E-state index contributed by atoms with van der Waals surface area (Å²) in [5, 5.41) is 15.1. The fourth-order valence-electron chi connectivity index (χ4n) is 1.99. The Morgan fingerprint density at radius 3 is 2.24 bits per heavy atom. The van der Waals surface area contributed by atoms with Gasteiger partial charge in [-0.3, -0.25) is 9.59 Å². The molecule has 0 spiro atoms. The average Bonchev–Trinajstić information content (AvgIpc) is 2.30. The van der Waals surface area contributed by atoms with Crippen LogP contribution in [-0.2, 0) is 14.3 Å². The molecule has 0 aliphatic rings. The molecule has 6 heteroatoms. The van der Waals surface area contributed by atoms with Crippen molar-refractivity contribution in [3.8, 4) is 0 Å². The normalized spacial score (nSPS) is 14.8. The molecule has 0 aromatic rings. The number of esters is 1. The number of aliphatic carboxylic acids is 1. The van der Waals surface area contributed by atoms with Gasteiger partial charge >= 0.3 is 11.9 Å². The number of carbonyl (C=O) groups is 2. The van der Waals surface area contributed by atoms with E-state index in [2.05, 4.69) is 10.6 Å². The molecular weight excluding hydrogens is 272 g/mol. The third kappa shape index (κ3) is 10.3. The molecule has 0 saturated carbocycles. The van der Waals surface area contributed by atoms with Gasteiger partial charge in [-0.2, -0.15) is 0 Å². The molecule has 0 fully saturated rings. The molecule has 0 aliphatic heterocycles. The molecule has 0 saturated heterocycles. The molecular formula is C15H30N2O4. The van der Waals surface area contributed by atoms with E-state index in [-0.39, 0.29) is 24.2 Å². The van der Waals surface area contributed by atoms with Gasteiger partial charge < -0.3 is 20.5 Å². The maximum atomic E-state index is 11.8. The lowest BCUT2D eigenvalue weighted by atomic mass is 10.00. The minimum Gasteiger partial charge on any atom is -0.481 e. The first-order valence-corrected chi connectivity index (χ1v) is 7.43. The zero-order valence-corrected chi connectivity index (χ0v) is 14.0. The van der Waals surface area contributed by atoms with Crippen LogP contribution in [0.2, 0.25) is 0 Å². The van der Waals surface area contributed by atoms with Crippen LogP contribution >= 0.6 is 0 Å². The predicted molar refractivity (Wildman–Crippen MR) is 82.2 cm³/mol. The second-order valence-corrected chi connectivity index (χ2v) is 6.59. The van der Waals surface area contributed by atoms with Gasteiger partial charge in [-0.05, 0) is 20.8 Å². The third-order valence-corrected chi connectivity index (χ3v) is 2.95. The van der Waals surface area contributed by atoms with Crippen LogP contribution in [-0.4, -0.2) is 47.8 Å². The monoisotopic (exact) mass is 302 g/mol. The largest absolute Gasteiger partial charge is 0.481 e. The molecule has 0 aromatic heterocycles. The Bertz CT molecular complexity index is 343. The van der Waals surface area contributed by atoms with Gasteiger partial charge in [0, 0.05) is 24.2 Å². The van der Waals surface area contributed by atoms with Crippen molar-refractivity contribution in [2.45, 2.75) is 65.6 Å². The average molecular weight is 302 g/mol. The van der Waals surface area contributed by atoms with Crippen molar-refractivity contribution < 1.29 is 19.4 Å². The third-order valence-electron chi connectivity index (χ3n) is 2.95. The van der Waals surface area contributed by atoms with E-state index in [1.807, 2.05) is 34.6 Å². The second kappa shape index (κ2) is 9.00. The Balaban J connectivity index is 3.99. The van der Waals surface area contributed by atoms with Crippen molar-refractivity contribution >= 4 is 11.9 Å². The van der Waals surface area contributed by atoms with Crippen LogP contribution in [0, 0.1) is 5.92 Å². The molecule has 2 atom stereocenters. The first kappa shape index (κ1) is 19.9. The van der Waals surface area contributed by atoms with E-state index < -0.39 is 11.9 Å². The number of carbonyl (C=O) groups excluding carboxylic acids is 1. The van der Waals surface area contributed by atoms with Crippen molar-refractivity contribution in [3.05, 3.63) is 0 Å². The molecule has 0 rings (SSSR count). The van der Waals surface area contributed by atoms with Crippen molar-refractivity contribution in [2.24, 2.45) is 5.92 Å². The Morgan fingerprint density at radius 1 is 1.19 bits per heavy atom. The second-order valence-electron chi connectivity index (χ2n) is 6.59. The summed E-state index contributed by atoms with van der Waals surface area (Å²) in [7, 11) is 0. The van der Waals surface area contributed by atoms with Gasteiger partial charge in [-0.1, -0.05) is 20.8 Å². The van der Waals surface area contributed by atoms with Crippen LogP contribution in [0.3, 0.4) is 0 Å². The summed E-state index contributed by atoms with van der Waals surface area (Å²) in [5.41, 5.74) is -0.306. The number of nitrogens with one attached hydrogen (secondary N) is 2. The van der Waals surface area contributed by atoms with E-state index in [1.54, 1.807) is 6.92 Å². The van der Waals surface area contributed by atoms with Crippen LogP contribution in [0.4, 0.5) is 0 Å². The zero-order chi connectivity index (χ0) is 16.6. The number of carboxylic acid groups (broad SMARTS) is 1. The summed E-state index contributed by atoms with van der Waals surface area (Å²) in [5.74, 6) is -1.56. The van der Waals surface area contributed by atoms with Gasteiger partial charge in [0.1, 0.15) is 6.61 Å². The first-order valence-electron chi connectivity index (χ1n) is 7.43. The quantitative estimate of drug-likeness (QED) is 0.529. The van der Waals surface area contributed by atoms with Crippen molar-refractivity contribution in [3.63, 3.8) is 0 Å². The summed E-state index contributed by atoms with van der Waals surface area (Å²) in [4.78, 5) is 22.5. The Kier molecular flexibility index (Phi) is 8.51. The summed E-state index contributed by atoms with van der Waals surface area (Å²) < 4.78 is 5.23. The number of rotatable bonds is 10. The molecule has 0 aromatic carbocycles. The molecule has 21 heavy (non-hydrogen) atoms. The molecule has 0 aliphatic carbocycles. The lowest BCUT2D eigenvalue weighted by Crippen LogP contribution is -2.45. The van der Waals surface area contributed by atoms with Crippen LogP contribution < -0.4 is 10.6 Å². The predicted octanol–water partition coefficient (Wildman–Crippen LogP) is 1.40. The first-order chi connectivity index (χ1) is 9.53. The smallest absolute Gasteiger partial charge is 0.307 e. The summed E-state index contributed by atoms with van der Waals surface area (Å²) in [6.07, 6.45) is 0.295. The topological polar surface area (TPSA) is 87.7 Å². The van der Waals surface area contributed by atoms with E-state index in [0.717, 1.165) is 0 Å². The molecule has 0 heterocycles.